The zero-order valence-electron chi connectivity index (χ0n) is 11.6. The van der Waals surface area contributed by atoms with Crippen molar-refractivity contribution in [3.8, 4) is 10.4 Å². The van der Waals surface area contributed by atoms with E-state index in [4.69, 9.17) is 0 Å². The standard InChI is InChI=1S/C13H14N4O2S2/c1-16-7-9(6-14-16)12-3-4-13(20-12)11-5-10(8-18)17(2)21(19)15-11/h3-4,6-8,10H,5H2,1-2H3. The lowest BCUT2D eigenvalue weighted by atomic mass is 10.1. The predicted molar refractivity (Wildman–Crippen MR) is 83.4 cm³/mol. The van der Waals surface area contributed by atoms with Crippen molar-refractivity contribution in [3.05, 3.63) is 29.4 Å². The van der Waals surface area contributed by atoms with E-state index < -0.39 is 11.5 Å². The average Bonchev–Trinajstić information content (AvgIpc) is 3.10. The van der Waals surface area contributed by atoms with E-state index in [1.807, 2.05) is 25.4 Å². The second kappa shape index (κ2) is 5.72. The minimum Gasteiger partial charge on any atom is -0.572 e. The summed E-state index contributed by atoms with van der Waals surface area (Å²) in [6.45, 7) is 0. The molecule has 0 N–H and O–H groups in total. The van der Waals surface area contributed by atoms with Gasteiger partial charge in [-0.2, -0.15) is 5.10 Å². The Kier molecular flexibility index (Phi) is 3.94. The molecule has 0 bridgehead atoms. The van der Waals surface area contributed by atoms with Crippen molar-refractivity contribution in [1.82, 2.24) is 14.1 Å². The minimum absolute atomic E-state index is 0.387. The molecule has 3 rings (SSSR count). The van der Waals surface area contributed by atoms with E-state index in [0.717, 1.165) is 27.3 Å². The van der Waals surface area contributed by atoms with Crippen LogP contribution >= 0.6 is 11.3 Å². The number of likely N-dealkylation sites (N-methyl/N-ethyl adjacent to an activating group) is 1. The molecule has 0 fully saturated rings. The number of aldehydes is 1. The van der Waals surface area contributed by atoms with E-state index in [0.29, 0.717) is 6.42 Å². The van der Waals surface area contributed by atoms with Crippen molar-refractivity contribution >= 4 is 34.9 Å². The van der Waals surface area contributed by atoms with E-state index in [-0.39, 0.29) is 6.04 Å². The Morgan fingerprint density at radius 1 is 1.43 bits per heavy atom. The summed E-state index contributed by atoms with van der Waals surface area (Å²) in [5.74, 6) is 0. The van der Waals surface area contributed by atoms with Gasteiger partial charge in [0.25, 0.3) is 0 Å². The molecule has 2 aromatic heterocycles. The smallest absolute Gasteiger partial charge is 0.194 e. The Balaban J connectivity index is 1.89. The Morgan fingerprint density at radius 2 is 2.19 bits per heavy atom. The molecule has 0 saturated carbocycles. The summed E-state index contributed by atoms with van der Waals surface area (Å²) in [6.07, 6.45) is 5.05. The van der Waals surface area contributed by atoms with Crippen LogP contribution in [0.2, 0.25) is 0 Å². The number of rotatable bonds is 3. The van der Waals surface area contributed by atoms with Crippen molar-refractivity contribution in [2.45, 2.75) is 12.5 Å². The predicted octanol–water partition coefficient (Wildman–Crippen LogP) is 1.42. The Bertz CT molecular complexity index is 694. The molecule has 0 spiro atoms. The van der Waals surface area contributed by atoms with Crippen LogP contribution in [-0.4, -0.2) is 43.7 Å². The number of hydrogen-bond acceptors (Lipinski definition) is 6. The number of carbonyl (C=O) groups is 1. The SMILES string of the molecule is CN1C(C=O)CC(c2ccc(-c3cnn(C)c3)s2)=N[S+]1[O-]. The maximum absolute atomic E-state index is 11.9. The topological polar surface area (TPSA) is 73.5 Å². The molecule has 21 heavy (non-hydrogen) atoms. The number of aromatic nitrogens is 2. The van der Waals surface area contributed by atoms with Crippen LogP contribution in [0.4, 0.5) is 0 Å². The zero-order chi connectivity index (χ0) is 15.0. The molecule has 0 radical (unpaired) electrons. The molecule has 3 heterocycles. The van der Waals surface area contributed by atoms with Crippen LogP contribution < -0.4 is 0 Å². The lowest BCUT2D eigenvalue weighted by Crippen LogP contribution is -2.42. The van der Waals surface area contributed by atoms with Gasteiger partial charge >= 0.3 is 0 Å². The number of aryl methyl sites for hydroxylation is 1. The quantitative estimate of drug-likeness (QED) is 0.633. The summed E-state index contributed by atoms with van der Waals surface area (Å²) in [6, 6.07) is 3.56. The van der Waals surface area contributed by atoms with Crippen LogP contribution in [0.15, 0.2) is 28.9 Å². The third kappa shape index (κ3) is 2.80. The molecule has 0 saturated heterocycles. The first-order valence-electron chi connectivity index (χ1n) is 6.35. The first-order valence-corrected chi connectivity index (χ1v) is 8.23. The highest BCUT2D eigenvalue weighted by molar-refractivity contribution is 7.88. The molecule has 0 aromatic carbocycles. The highest BCUT2D eigenvalue weighted by Crippen LogP contribution is 2.30. The lowest BCUT2D eigenvalue weighted by Gasteiger charge is -2.25. The molecule has 2 aromatic rings. The van der Waals surface area contributed by atoms with Crippen LogP contribution in [0.5, 0.6) is 0 Å². The number of thiophene rings is 1. The van der Waals surface area contributed by atoms with Gasteiger partial charge < -0.3 is 9.35 Å². The van der Waals surface area contributed by atoms with Crippen LogP contribution in [0, 0.1) is 0 Å². The molecular formula is C13H14N4O2S2. The summed E-state index contributed by atoms with van der Waals surface area (Å²) in [4.78, 5) is 13.1. The number of nitrogens with zero attached hydrogens (tertiary/aromatic N) is 4. The molecule has 1 aliphatic rings. The van der Waals surface area contributed by atoms with Crippen LogP contribution in [0.25, 0.3) is 10.4 Å². The molecule has 2 unspecified atom stereocenters. The fraction of sp³-hybridized carbons (Fsp3) is 0.308. The number of carbonyl (C=O) groups excluding carboxylic acids is 1. The molecule has 6 nitrogen and oxygen atoms in total. The monoisotopic (exact) mass is 322 g/mol. The lowest BCUT2D eigenvalue weighted by molar-refractivity contribution is -0.110. The maximum atomic E-state index is 11.9. The highest BCUT2D eigenvalue weighted by Gasteiger charge is 2.33. The molecule has 0 amide bonds. The molecule has 110 valence electrons. The fourth-order valence-electron chi connectivity index (χ4n) is 2.11. The van der Waals surface area contributed by atoms with Crippen LogP contribution in [-0.2, 0) is 23.4 Å². The molecule has 1 aliphatic heterocycles. The first kappa shape index (κ1) is 14.5. The van der Waals surface area contributed by atoms with Gasteiger partial charge in [0.2, 0.25) is 0 Å². The van der Waals surface area contributed by atoms with Gasteiger partial charge in [0.05, 0.1) is 11.1 Å². The molecule has 0 aliphatic carbocycles. The Morgan fingerprint density at radius 3 is 2.86 bits per heavy atom. The van der Waals surface area contributed by atoms with E-state index in [1.165, 1.54) is 4.31 Å². The van der Waals surface area contributed by atoms with Gasteiger partial charge in [-0.1, -0.05) is 4.31 Å². The van der Waals surface area contributed by atoms with Crippen molar-refractivity contribution in [1.29, 1.82) is 0 Å². The van der Waals surface area contributed by atoms with Gasteiger partial charge in [0.1, 0.15) is 18.0 Å². The van der Waals surface area contributed by atoms with E-state index in [2.05, 4.69) is 9.50 Å². The van der Waals surface area contributed by atoms with Crippen molar-refractivity contribution < 1.29 is 9.35 Å². The second-order valence-corrected chi connectivity index (χ2v) is 7.09. The summed E-state index contributed by atoms with van der Waals surface area (Å²) in [5.41, 5.74) is 1.76. The van der Waals surface area contributed by atoms with Crippen LogP contribution in [0.3, 0.4) is 0 Å². The van der Waals surface area contributed by atoms with E-state index in [9.17, 15) is 9.35 Å². The summed E-state index contributed by atoms with van der Waals surface area (Å²) in [5, 5.41) is 4.15. The van der Waals surface area contributed by atoms with Gasteiger partial charge in [-0.3, -0.25) is 4.68 Å². The number of hydrogen-bond donors (Lipinski definition) is 0. The molecule has 8 heteroatoms. The average molecular weight is 322 g/mol. The third-order valence-electron chi connectivity index (χ3n) is 3.34. The summed E-state index contributed by atoms with van der Waals surface area (Å²) >= 11 is 0.0723. The largest absolute Gasteiger partial charge is 0.572 e. The Labute approximate surface area is 129 Å². The van der Waals surface area contributed by atoms with Gasteiger partial charge in [-0.25, -0.2) is 0 Å². The molecule has 2 atom stereocenters. The maximum Gasteiger partial charge on any atom is 0.194 e. The first-order chi connectivity index (χ1) is 10.1. The third-order valence-corrected chi connectivity index (χ3v) is 5.66. The normalized spacial score (nSPS) is 23.1. The zero-order valence-corrected chi connectivity index (χ0v) is 13.2. The van der Waals surface area contributed by atoms with Crippen molar-refractivity contribution in [2.75, 3.05) is 7.05 Å². The van der Waals surface area contributed by atoms with Gasteiger partial charge in [0.15, 0.2) is 11.5 Å². The van der Waals surface area contributed by atoms with E-state index in [1.54, 1.807) is 29.3 Å². The van der Waals surface area contributed by atoms with Gasteiger partial charge in [0, 0.05) is 37.2 Å². The molecular weight excluding hydrogens is 308 g/mol. The van der Waals surface area contributed by atoms with Gasteiger partial charge in [-0.15, -0.1) is 11.3 Å². The van der Waals surface area contributed by atoms with Crippen molar-refractivity contribution in [2.24, 2.45) is 11.4 Å². The second-order valence-electron chi connectivity index (χ2n) is 4.79. The van der Waals surface area contributed by atoms with Gasteiger partial charge in [-0.05, 0) is 16.5 Å². The minimum atomic E-state index is -1.50. The van der Waals surface area contributed by atoms with E-state index >= 15 is 0 Å². The summed E-state index contributed by atoms with van der Waals surface area (Å²) < 4.78 is 19.3. The van der Waals surface area contributed by atoms with Crippen LogP contribution in [0.1, 0.15) is 11.3 Å². The fourth-order valence-corrected chi connectivity index (χ4v) is 4.00. The highest BCUT2D eigenvalue weighted by atomic mass is 32.2. The summed E-state index contributed by atoms with van der Waals surface area (Å²) in [7, 11) is 3.52. The Hall–Kier alpha value is -1.48. The van der Waals surface area contributed by atoms with Crippen molar-refractivity contribution in [3.63, 3.8) is 0 Å².